The highest BCUT2D eigenvalue weighted by Gasteiger charge is 2.26. The van der Waals surface area contributed by atoms with Gasteiger partial charge in [-0.1, -0.05) is 0 Å². The molecule has 1 atom stereocenters. The summed E-state index contributed by atoms with van der Waals surface area (Å²) in [6.45, 7) is 7.12. The number of likely N-dealkylation sites (tertiary alicyclic amines) is 1. The number of carbonyl (C=O) groups is 2. The molecule has 3 aromatic rings. The van der Waals surface area contributed by atoms with Crippen molar-refractivity contribution >= 4 is 28.5 Å². The summed E-state index contributed by atoms with van der Waals surface area (Å²) >= 11 is 0. The maximum absolute atomic E-state index is 12.8. The summed E-state index contributed by atoms with van der Waals surface area (Å²) in [5.41, 5.74) is 1.74. The fraction of sp³-hybridized carbons (Fsp3) is 0.435. The molecule has 8 nitrogen and oxygen atoms in total. The minimum Gasteiger partial charge on any atom is -0.348 e. The summed E-state index contributed by atoms with van der Waals surface area (Å²) in [7, 11) is 0. The first-order chi connectivity index (χ1) is 15.1. The standard InChI is InChI=1S/C23H30N6O2/c1-3-27(4-2)21(30)16-28-13-9-17-14-19(7-8-20(17)28)26-23(31)29-12-5-6-18(15-29)22-24-10-11-25-22/h7-11,13-14,18H,3-6,12,15-16H2,1-2H3,(H,24,25)(H,26,31). The number of fused-ring (bicyclic) bond motifs is 1. The van der Waals surface area contributed by atoms with Crippen LogP contribution in [0.15, 0.2) is 42.9 Å². The quantitative estimate of drug-likeness (QED) is 0.636. The van der Waals surface area contributed by atoms with Crippen LogP contribution in [-0.4, -0.2) is 62.5 Å². The van der Waals surface area contributed by atoms with Gasteiger partial charge in [0, 0.05) is 67.3 Å². The topological polar surface area (TPSA) is 86.3 Å². The van der Waals surface area contributed by atoms with Crippen LogP contribution in [0.3, 0.4) is 0 Å². The van der Waals surface area contributed by atoms with Crippen LogP contribution >= 0.6 is 0 Å². The van der Waals surface area contributed by atoms with Crippen LogP contribution in [0.25, 0.3) is 10.9 Å². The number of piperidine rings is 1. The van der Waals surface area contributed by atoms with Crippen molar-refractivity contribution in [1.82, 2.24) is 24.3 Å². The molecule has 0 spiro atoms. The van der Waals surface area contributed by atoms with Crippen LogP contribution in [0, 0.1) is 0 Å². The van der Waals surface area contributed by atoms with Crippen molar-refractivity contribution in [2.24, 2.45) is 0 Å². The van der Waals surface area contributed by atoms with E-state index >= 15 is 0 Å². The van der Waals surface area contributed by atoms with Gasteiger partial charge in [0.15, 0.2) is 0 Å². The Morgan fingerprint density at radius 2 is 2.10 bits per heavy atom. The fourth-order valence-corrected chi connectivity index (χ4v) is 4.33. The minimum absolute atomic E-state index is 0.0910. The summed E-state index contributed by atoms with van der Waals surface area (Å²) in [5.74, 6) is 1.30. The van der Waals surface area contributed by atoms with Gasteiger partial charge in [0.25, 0.3) is 0 Å². The van der Waals surface area contributed by atoms with E-state index in [1.807, 2.05) is 64.9 Å². The van der Waals surface area contributed by atoms with E-state index in [4.69, 9.17) is 0 Å². The second-order valence-corrected chi connectivity index (χ2v) is 7.97. The molecule has 1 unspecified atom stereocenters. The summed E-state index contributed by atoms with van der Waals surface area (Å²) in [5, 5.41) is 4.03. The third kappa shape index (κ3) is 4.57. The molecular weight excluding hydrogens is 392 g/mol. The average Bonchev–Trinajstić information content (AvgIpc) is 3.45. The van der Waals surface area contributed by atoms with Gasteiger partial charge >= 0.3 is 6.03 Å². The summed E-state index contributed by atoms with van der Waals surface area (Å²) < 4.78 is 1.96. The SMILES string of the molecule is CCN(CC)C(=O)Cn1ccc2cc(NC(=O)N3CCCC(c4ncc[nH]4)C3)ccc21. The molecule has 8 heteroatoms. The molecule has 164 valence electrons. The number of hydrogen-bond acceptors (Lipinski definition) is 3. The van der Waals surface area contributed by atoms with E-state index in [0.29, 0.717) is 26.2 Å². The molecule has 4 rings (SSSR count). The van der Waals surface area contributed by atoms with E-state index < -0.39 is 0 Å². The summed E-state index contributed by atoms with van der Waals surface area (Å²) in [4.78, 5) is 36.5. The number of nitrogens with one attached hydrogen (secondary N) is 2. The van der Waals surface area contributed by atoms with Crippen molar-refractivity contribution in [3.63, 3.8) is 0 Å². The van der Waals surface area contributed by atoms with Gasteiger partial charge in [0.1, 0.15) is 12.4 Å². The lowest BCUT2D eigenvalue weighted by Gasteiger charge is -2.31. The number of benzene rings is 1. The summed E-state index contributed by atoms with van der Waals surface area (Å²) in [6, 6.07) is 7.70. The Bertz CT molecular complexity index is 1040. The Kier molecular flexibility index (Phi) is 6.25. The first-order valence-corrected chi connectivity index (χ1v) is 11.0. The predicted octanol–water partition coefficient (Wildman–Crippen LogP) is 3.64. The van der Waals surface area contributed by atoms with Crippen LogP contribution in [0.1, 0.15) is 38.4 Å². The number of aromatic amines is 1. The molecule has 2 aromatic heterocycles. The number of urea groups is 1. The zero-order valence-electron chi connectivity index (χ0n) is 18.2. The molecule has 1 aliphatic rings. The van der Waals surface area contributed by atoms with Gasteiger partial charge in [0.2, 0.25) is 5.91 Å². The number of imidazole rings is 1. The zero-order valence-corrected chi connectivity index (χ0v) is 18.2. The molecule has 0 saturated carbocycles. The van der Waals surface area contributed by atoms with Crippen molar-refractivity contribution in [3.05, 3.63) is 48.7 Å². The molecule has 0 radical (unpaired) electrons. The Morgan fingerprint density at radius 1 is 1.26 bits per heavy atom. The van der Waals surface area contributed by atoms with Gasteiger partial charge in [-0.3, -0.25) is 4.79 Å². The molecule has 31 heavy (non-hydrogen) atoms. The van der Waals surface area contributed by atoms with Gasteiger partial charge in [0.05, 0.1) is 0 Å². The first kappa shape index (κ1) is 21.0. The van der Waals surface area contributed by atoms with Crippen molar-refractivity contribution in [2.75, 3.05) is 31.5 Å². The molecule has 1 aliphatic heterocycles. The van der Waals surface area contributed by atoms with Crippen LogP contribution in [0.2, 0.25) is 0 Å². The van der Waals surface area contributed by atoms with E-state index in [1.54, 1.807) is 6.20 Å². The minimum atomic E-state index is -0.0910. The van der Waals surface area contributed by atoms with E-state index in [2.05, 4.69) is 15.3 Å². The smallest absolute Gasteiger partial charge is 0.321 e. The average molecular weight is 423 g/mol. The van der Waals surface area contributed by atoms with Crippen LogP contribution in [0.4, 0.5) is 10.5 Å². The molecule has 3 amide bonds. The second-order valence-electron chi connectivity index (χ2n) is 7.97. The lowest BCUT2D eigenvalue weighted by molar-refractivity contribution is -0.131. The molecule has 0 aliphatic carbocycles. The summed E-state index contributed by atoms with van der Waals surface area (Å²) in [6.07, 6.45) is 7.50. The Morgan fingerprint density at radius 3 is 2.84 bits per heavy atom. The van der Waals surface area contributed by atoms with E-state index in [9.17, 15) is 9.59 Å². The third-order valence-corrected chi connectivity index (χ3v) is 6.06. The van der Waals surface area contributed by atoms with E-state index in [1.165, 1.54) is 0 Å². The maximum Gasteiger partial charge on any atom is 0.321 e. The normalized spacial score (nSPS) is 16.5. The largest absolute Gasteiger partial charge is 0.348 e. The van der Waals surface area contributed by atoms with Crippen LogP contribution < -0.4 is 5.32 Å². The van der Waals surface area contributed by atoms with Crippen molar-refractivity contribution < 1.29 is 9.59 Å². The Hall–Kier alpha value is -3.29. The molecular formula is C23H30N6O2. The molecule has 2 N–H and O–H groups in total. The first-order valence-electron chi connectivity index (χ1n) is 11.0. The molecule has 1 fully saturated rings. The number of rotatable bonds is 6. The number of H-pyrrole nitrogens is 1. The van der Waals surface area contributed by atoms with E-state index in [0.717, 1.165) is 41.8 Å². The second kappa shape index (κ2) is 9.24. The zero-order chi connectivity index (χ0) is 21.8. The van der Waals surface area contributed by atoms with Gasteiger partial charge in [-0.2, -0.15) is 0 Å². The van der Waals surface area contributed by atoms with Crippen molar-refractivity contribution in [1.29, 1.82) is 0 Å². The number of hydrogen-bond donors (Lipinski definition) is 2. The van der Waals surface area contributed by atoms with Gasteiger partial charge in [-0.15, -0.1) is 0 Å². The van der Waals surface area contributed by atoms with E-state index in [-0.39, 0.29) is 17.9 Å². The maximum atomic E-state index is 12.8. The van der Waals surface area contributed by atoms with Crippen molar-refractivity contribution in [2.45, 2.75) is 39.2 Å². The lowest BCUT2D eigenvalue weighted by atomic mass is 9.98. The number of anilines is 1. The van der Waals surface area contributed by atoms with Gasteiger partial charge in [-0.05, 0) is 51.0 Å². The lowest BCUT2D eigenvalue weighted by Crippen LogP contribution is -2.41. The van der Waals surface area contributed by atoms with Crippen molar-refractivity contribution in [3.8, 4) is 0 Å². The number of amides is 3. The molecule has 0 bridgehead atoms. The highest BCUT2D eigenvalue weighted by atomic mass is 16.2. The Labute approximate surface area is 182 Å². The number of likely N-dealkylation sites (N-methyl/N-ethyl adjacent to an activating group) is 1. The third-order valence-electron chi connectivity index (χ3n) is 6.06. The number of aromatic nitrogens is 3. The Balaban J connectivity index is 1.42. The predicted molar refractivity (Wildman–Crippen MR) is 121 cm³/mol. The molecule has 1 aromatic carbocycles. The van der Waals surface area contributed by atoms with Crippen LogP contribution in [0.5, 0.6) is 0 Å². The highest BCUT2D eigenvalue weighted by Crippen LogP contribution is 2.26. The number of carbonyl (C=O) groups excluding carboxylic acids is 2. The van der Waals surface area contributed by atoms with Gasteiger partial charge < -0.3 is 24.7 Å². The monoisotopic (exact) mass is 422 g/mol. The number of nitrogens with zero attached hydrogens (tertiary/aromatic N) is 4. The molecule has 1 saturated heterocycles. The van der Waals surface area contributed by atoms with Crippen LogP contribution in [-0.2, 0) is 11.3 Å². The molecule has 3 heterocycles. The van der Waals surface area contributed by atoms with Gasteiger partial charge in [-0.25, -0.2) is 9.78 Å². The fourth-order valence-electron chi connectivity index (χ4n) is 4.33. The highest BCUT2D eigenvalue weighted by molar-refractivity contribution is 5.93.